The van der Waals surface area contributed by atoms with E-state index in [-0.39, 0.29) is 18.0 Å². The summed E-state index contributed by atoms with van der Waals surface area (Å²) in [5, 5.41) is 13.1. The van der Waals surface area contributed by atoms with Gasteiger partial charge >= 0.3 is 0 Å². The van der Waals surface area contributed by atoms with Crippen molar-refractivity contribution < 1.29 is 4.79 Å². The third-order valence-electron chi connectivity index (χ3n) is 3.75. The number of carbonyl (C=O) groups excluding carboxylic acids is 1. The van der Waals surface area contributed by atoms with Gasteiger partial charge in [0, 0.05) is 6.20 Å². The number of hydrogen-bond donors (Lipinski definition) is 1. The maximum atomic E-state index is 12.6. The monoisotopic (exact) mass is 366 g/mol. The summed E-state index contributed by atoms with van der Waals surface area (Å²) in [6.07, 6.45) is 3.09. The zero-order valence-electron chi connectivity index (χ0n) is 13.6. The molecule has 0 aromatic carbocycles. The van der Waals surface area contributed by atoms with Crippen molar-refractivity contribution >= 4 is 22.8 Å². The Morgan fingerprint density at radius 2 is 2.15 bits per heavy atom. The van der Waals surface area contributed by atoms with E-state index in [2.05, 4.69) is 20.5 Å². The van der Waals surface area contributed by atoms with Crippen LogP contribution in [0.5, 0.6) is 0 Å². The van der Waals surface area contributed by atoms with Gasteiger partial charge in [0.2, 0.25) is 5.91 Å². The van der Waals surface area contributed by atoms with Gasteiger partial charge in [-0.2, -0.15) is 10.2 Å². The van der Waals surface area contributed by atoms with Crippen molar-refractivity contribution in [3.63, 3.8) is 0 Å². The second kappa shape index (κ2) is 6.89. The summed E-state index contributed by atoms with van der Waals surface area (Å²) >= 11 is 1.54. The molecule has 0 aliphatic rings. The van der Waals surface area contributed by atoms with Crippen LogP contribution in [0.15, 0.2) is 59.1 Å². The summed E-state index contributed by atoms with van der Waals surface area (Å²) in [6, 6.07) is 11.0. The molecular formula is C17H14N6O2S. The summed E-state index contributed by atoms with van der Waals surface area (Å²) in [6.45, 7) is 0.132. The summed E-state index contributed by atoms with van der Waals surface area (Å²) in [7, 11) is 0. The molecule has 1 N–H and O–H groups in total. The van der Waals surface area contributed by atoms with Gasteiger partial charge in [0.25, 0.3) is 5.56 Å². The van der Waals surface area contributed by atoms with Crippen LogP contribution in [-0.4, -0.2) is 30.3 Å². The number of nitrogens with one attached hydrogen (secondary N) is 1. The number of nitrogens with zero attached hydrogens (tertiary/aromatic N) is 5. The zero-order chi connectivity index (χ0) is 17.9. The lowest BCUT2D eigenvalue weighted by atomic mass is 10.3. The molecule has 4 aromatic heterocycles. The Labute approximate surface area is 151 Å². The van der Waals surface area contributed by atoms with E-state index in [9.17, 15) is 9.59 Å². The van der Waals surface area contributed by atoms with Gasteiger partial charge in [0.1, 0.15) is 24.1 Å². The van der Waals surface area contributed by atoms with Gasteiger partial charge in [0.15, 0.2) is 0 Å². The molecular weight excluding hydrogens is 352 g/mol. The first-order valence-corrected chi connectivity index (χ1v) is 8.75. The van der Waals surface area contributed by atoms with Crippen molar-refractivity contribution in [3.8, 4) is 10.6 Å². The first-order chi connectivity index (χ1) is 12.7. The molecule has 0 saturated carbocycles. The fourth-order valence-corrected chi connectivity index (χ4v) is 3.16. The normalized spacial score (nSPS) is 10.9. The molecule has 0 aliphatic heterocycles. The van der Waals surface area contributed by atoms with Crippen LogP contribution in [0.25, 0.3) is 16.1 Å². The number of rotatable bonds is 5. The van der Waals surface area contributed by atoms with Gasteiger partial charge in [-0.15, -0.1) is 11.3 Å². The highest BCUT2D eigenvalue weighted by atomic mass is 32.1. The van der Waals surface area contributed by atoms with E-state index in [4.69, 9.17) is 0 Å². The largest absolute Gasteiger partial charge is 0.349 e. The molecule has 0 unspecified atom stereocenters. The number of hydrogen-bond acceptors (Lipinski definition) is 6. The fraction of sp³-hybridized carbons (Fsp3) is 0.118. The third-order valence-corrected chi connectivity index (χ3v) is 4.64. The molecule has 8 nitrogen and oxygen atoms in total. The van der Waals surface area contributed by atoms with Crippen molar-refractivity contribution in [2.24, 2.45) is 0 Å². The Balaban J connectivity index is 1.52. The van der Waals surface area contributed by atoms with Crippen LogP contribution in [-0.2, 0) is 17.9 Å². The minimum absolute atomic E-state index is 0.165. The maximum absolute atomic E-state index is 12.6. The van der Waals surface area contributed by atoms with Crippen molar-refractivity contribution in [1.82, 2.24) is 29.7 Å². The van der Waals surface area contributed by atoms with Gasteiger partial charge in [0.05, 0.1) is 17.1 Å². The molecule has 4 rings (SSSR count). The van der Waals surface area contributed by atoms with Crippen molar-refractivity contribution in [2.45, 2.75) is 13.1 Å². The first kappa shape index (κ1) is 16.2. The number of fused-ring (bicyclic) bond motifs is 1. The molecule has 4 aromatic rings. The molecule has 0 spiro atoms. The topological polar surface area (TPSA) is 94.2 Å². The predicted molar refractivity (Wildman–Crippen MR) is 96.6 cm³/mol. The van der Waals surface area contributed by atoms with E-state index in [1.165, 1.54) is 10.8 Å². The van der Waals surface area contributed by atoms with E-state index in [0.717, 1.165) is 15.3 Å². The van der Waals surface area contributed by atoms with Gasteiger partial charge in [-0.1, -0.05) is 12.1 Å². The molecule has 0 aliphatic carbocycles. The summed E-state index contributed by atoms with van der Waals surface area (Å²) in [5.41, 5.74) is 1.46. The summed E-state index contributed by atoms with van der Waals surface area (Å²) in [5.74, 6) is -0.312. The Morgan fingerprint density at radius 1 is 1.23 bits per heavy atom. The minimum atomic E-state index is -0.365. The van der Waals surface area contributed by atoms with Gasteiger partial charge in [-0.25, -0.2) is 9.20 Å². The molecule has 0 radical (unpaired) electrons. The number of aromatic nitrogens is 5. The number of pyridine rings is 1. The molecule has 0 atom stereocenters. The van der Waals surface area contributed by atoms with Crippen molar-refractivity contribution in [3.05, 3.63) is 70.4 Å². The van der Waals surface area contributed by atoms with Crippen LogP contribution in [0.4, 0.5) is 0 Å². The van der Waals surface area contributed by atoms with Gasteiger partial charge < -0.3 is 5.32 Å². The maximum Gasteiger partial charge on any atom is 0.293 e. The number of thiophene rings is 1. The van der Waals surface area contributed by atoms with E-state index in [1.807, 2.05) is 29.6 Å². The van der Waals surface area contributed by atoms with Gasteiger partial charge in [-0.05, 0) is 29.6 Å². The van der Waals surface area contributed by atoms with Crippen molar-refractivity contribution in [2.75, 3.05) is 0 Å². The van der Waals surface area contributed by atoms with E-state index >= 15 is 0 Å². The van der Waals surface area contributed by atoms with Crippen LogP contribution in [0.2, 0.25) is 0 Å². The predicted octanol–water partition coefficient (Wildman–Crippen LogP) is 1.33. The molecule has 0 saturated heterocycles. The lowest BCUT2D eigenvalue weighted by Crippen LogP contribution is -2.34. The molecule has 0 fully saturated rings. The second-order valence-electron chi connectivity index (χ2n) is 5.53. The van der Waals surface area contributed by atoms with Crippen LogP contribution in [0, 0.1) is 0 Å². The van der Waals surface area contributed by atoms with Crippen molar-refractivity contribution in [1.29, 1.82) is 0 Å². The highest BCUT2D eigenvalue weighted by Crippen LogP contribution is 2.23. The van der Waals surface area contributed by atoms with Crippen LogP contribution in [0.1, 0.15) is 5.69 Å². The average Bonchev–Trinajstić information content (AvgIpc) is 3.33. The number of amides is 1. The molecule has 9 heteroatoms. The third kappa shape index (κ3) is 3.24. The molecule has 1 amide bonds. The van der Waals surface area contributed by atoms with Gasteiger partial charge in [-0.3, -0.25) is 14.6 Å². The Hall–Kier alpha value is -3.33. The Bertz CT molecular complexity index is 1100. The van der Waals surface area contributed by atoms with E-state index in [1.54, 1.807) is 29.7 Å². The number of carbonyl (C=O) groups is 1. The van der Waals surface area contributed by atoms with Crippen LogP contribution in [0.3, 0.4) is 0 Å². The van der Waals surface area contributed by atoms with Crippen LogP contribution >= 0.6 is 11.3 Å². The molecule has 0 bridgehead atoms. The standard InChI is InChI=1S/C17H14N6O2S/c24-16(19-9-12-4-1-2-6-18-12)10-22-17(25)14-8-13(15-5-3-7-26-15)21-23(14)11-20-22/h1-8,11H,9-10H2,(H,19,24). The zero-order valence-corrected chi connectivity index (χ0v) is 14.4. The summed E-state index contributed by atoms with van der Waals surface area (Å²) < 4.78 is 2.56. The first-order valence-electron chi connectivity index (χ1n) is 7.87. The second-order valence-corrected chi connectivity index (χ2v) is 6.48. The fourth-order valence-electron chi connectivity index (χ4n) is 2.48. The highest BCUT2D eigenvalue weighted by molar-refractivity contribution is 7.13. The quantitative estimate of drug-likeness (QED) is 0.575. The smallest absolute Gasteiger partial charge is 0.293 e. The van der Waals surface area contributed by atoms with E-state index in [0.29, 0.717) is 17.8 Å². The van der Waals surface area contributed by atoms with Crippen LogP contribution < -0.4 is 10.9 Å². The summed E-state index contributed by atoms with van der Waals surface area (Å²) in [4.78, 5) is 29.8. The molecule has 130 valence electrons. The average molecular weight is 366 g/mol. The highest BCUT2D eigenvalue weighted by Gasteiger charge is 2.12. The minimum Gasteiger partial charge on any atom is -0.349 e. The SMILES string of the molecule is O=C(Cn1ncn2nc(-c3cccs3)cc2c1=O)NCc1ccccn1. The Morgan fingerprint density at radius 3 is 2.92 bits per heavy atom. The molecule has 26 heavy (non-hydrogen) atoms. The Kier molecular flexibility index (Phi) is 4.28. The lowest BCUT2D eigenvalue weighted by Gasteiger charge is -2.06. The lowest BCUT2D eigenvalue weighted by molar-refractivity contribution is -0.122. The molecule has 4 heterocycles. The van der Waals surface area contributed by atoms with E-state index < -0.39 is 0 Å².